The van der Waals surface area contributed by atoms with Crippen LogP contribution < -0.4 is 4.89 Å². The molecule has 0 heterocycles. The van der Waals surface area contributed by atoms with E-state index in [1.54, 1.807) is 0 Å². The molecule has 0 saturated heterocycles. The van der Waals surface area contributed by atoms with Crippen molar-refractivity contribution in [3.05, 3.63) is 22.3 Å². The van der Waals surface area contributed by atoms with Crippen LogP contribution in [-0.2, 0) is 24.2 Å². The van der Waals surface area contributed by atoms with E-state index in [0.29, 0.717) is 13.0 Å². The number of aromatic carboxylic acids is 1. The number of carbonyl (C=O) groups is 1. The Bertz CT molecular complexity index is 819. The summed E-state index contributed by atoms with van der Waals surface area (Å²) in [4.78, 5) is 24.1. The molecule has 0 atom stereocenters. The standard InChI is InChI=1S/C37H66O5/c1-5-9-13-17-20-23-27-31-32(28-24-21-18-14-10-6-2)34(37(39)40)35(38)36(42-41-30-26-16-12-8-4)33(31)29-25-22-19-15-11-7-3/h38H,5-30H2,1-4H3,(H,39,40). The summed E-state index contributed by atoms with van der Waals surface area (Å²) in [6, 6.07) is 0. The van der Waals surface area contributed by atoms with Gasteiger partial charge in [0, 0.05) is 5.56 Å². The molecule has 0 bridgehead atoms. The van der Waals surface area contributed by atoms with E-state index in [1.165, 1.54) is 77.0 Å². The molecule has 0 aliphatic heterocycles. The summed E-state index contributed by atoms with van der Waals surface area (Å²) >= 11 is 0. The van der Waals surface area contributed by atoms with Gasteiger partial charge in [0.05, 0.1) is 6.61 Å². The topological polar surface area (TPSA) is 76.0 Å². The van der Waals surface area contributed by atoms with Crippen molar-refractivity contribution >= 4 is 5.97 Å². The summed E-state index contributed by atoms with van der Waals surface area (Å²) < 4.78 is 0. The number of carboxylic acids is 1. The van der Waals surface area contributed by atoms with Crippen molar-refractivity contribution in [3.63, 3.8) is 0 Å². The van der Waals surface area contributed by atoms with Crippen LogP contribution in [0.2, 0.25) is 0 Å². The minimum atomic E-state index is -1.07. The Morgan fingerprint density at radius 2 is 0.905 bits per heavy atom. The molecule has 5 heteroatoms. The third-order valence-corrected chi connectivity index (χ3v) is 8.53. The molecule has 1 aromatic carbocycles. The lowest BCUT2D eigenvalue weighted by Crippen LogP contribution is -2.14. The molecule has 0 saturated carbocycles. The quantitative estimate of drug-likeness (QED) is 0.0551. The van der Waals surface area contributed by atoms with E-state index < -0.39 is 5.97 Å². The fourth-order valence-electron chi connectivity index (χ4n) is 5.97. The second-order valence-corrected chi connectivity index (χ2v) is 12.3. The lowest BCUT2D eigenvalue weighted by Gasteiger charge is -2.23. The van der Waals surface area contributed by atoms with Crippen molar-refractivity contribution in [1.82, 2.24) is 0 Å². The van der Waals surface area contributed by atoms with Crippen molar-refractivity contribution in [2.75, 3.05) is 6.61 Å². The highest BCUT2D eigenvalue weighted by Gasteiger charge is 2.28. The fourth-order valence-corrected chi connectivity index (χ4v) is 5.97. The highest BCUT2D eigenvalue weighted by molar-refractivity contribution is 5.94. The minimum absolute atomic E-state index is 0.0285. The fraction of sp³-hybridized carbons (Fsp3) is 0.811. The van der Waals surface area contributed by atoms with E-state index in [2.05, 4.69) is 27.7 Å². The first-order valence-electron chi connectivity index (χ1n) is 17.9. The van der Waals surface area contributed by atoms with Crippen molar-refractivity contribution in [1.29, 1.82) is 0 Å². The third-order valence-electron chi connectivity index (χ3n) is 8.53. The van der Waals surface area contributed by atoms with Crippen molar-refractivity contribution in [2.45, 2.75) is 188 Å². The first-order chi connectivity index (χ1) is 20.5. The smallest absolute Gasteiger partial charge is 0.339 e. The van der Waals surface area contributed by atoms with E-state index in [4.69, 9.17) is 9.78 Å². The maximum absolute atomic E-state index is 12.6. The summed E-state index contributed by atoms with van der Waals surface area (Å²) in [7, 11) is 0. The molecule has 244 valence electrons. The number of carboxylic acid groups (broad SMARTS) is 1. The molecule has 0 radical (unpaired) electrons. The molecule has 0 fully saturated rings. The Hall–Kier alpha value is -1.75. The number of hydrogen-bond donors (Lipinski definition) is 2. The highest BCUT2D eigenvalue weighted by Crippen LogP contribution is 2.42. The Balaban J connectivity index is 3.34. The predicted octanol–water partition coefficient (Wildman–Crippen LogP) is 11.7. The van der Waals surface area contributed by atoms with Crippen molar-refractivity contribution in [3.8, 4) is 11.5 Å². The first-order valence-corrected chi connectivity index (χ1v) is 17.9. The van der Waals surface area contributed by atoms with Crippen LogP contribution in [0.1, 0.15) is 196 Å². The number of rotatable bonds is 29. The van der Waals surface area contributed by atoms with Gasteiger partial charge < -0.3 is 15.1 Å². The van der Waals surface area contributed by atoms with Gasteiger partial charge in [-0.15, -0.1) is 0 Å². The summed E-state index contributed by atoms with van der Waals surface area (Å²) in [5.41, 5.74) is 2.95. The Kier molecular flexibility index (Phi) is 23.4. The average Bonchev–Trinajstić information content (AvgIpc) is 2.97. The van der Waals surface area contributed by atoms with Gasteiger partial charge in [-0.25, -0.2) is 4.79 Å². The van der Waals surface area contributed by atoms with Crippen LogP contribution >= 0.6 is 0 Å². The normalized spacial score (nSPS) is 11.3. The molecule has 5 nitrogen and oxygen atoms in total. The molecular formula is C37H66O5. The summed E-state index contributed by atoms with van der Waals surface area (Å²) in [6.45, 7) is 9.30. The maximum Gasteiger partial charge on any atom is 0.339 e. The molecule has 2 N–H and O–H groups in total. The van der Waals surface area contributed by atoms with E-state index in [-0.39, 0.29) is 17.1 Å². The molecule has 1 aromatic rings. The zero-order valence-electron chi connectivity index (χ0n) is 28.0. The second kappa shape index (κ2) is 25.7. The molecule has 0 unspecified atom stereocenters. The van der Waals surface area contributed by atoms with Gasteiger partial charge in [-0.05, 0) is 56.1 Å². The van der Waals surface area contributed by atoms with Gasteiger partial charge in [-0.2, -0.15) is 4.89 Å². The van der Waals surface area contributed by atoms with E-state index >= 15 is 0 Å². The molecule has 0 aliphatic carbocycles. The van der Waals surface area contributed by atoms with Gasteiger partial charge in [0.25, 0.3) is 0 Å². The zero-order chi connectivity index (χ0) is 30.8. The molecular weight excluding hydrogens is 524 g/mol. The predicted molar refractivity (Wildman–Crippen MR) is 177 cm³/mol. The molecule has 0 aromatic heterocycles. The molecule has 0 spiro atoms. The Morgan fingerprint density at radius 1 is 0.524 bits per heavy atom. The van der Waals surface area contributed by atoms with Crippen LogP contribution in [0, 0.1) is 0 Å². The number of aromatic hydroxyl groups is 1. The molecule has 0 aliphatic rings. The Morgan fingerprint density at radius 3 is 1.36 bits per heavy atom. The molecule has 42 heavy (non-hydrogen) atoms. The number of benzene rings is 1. The molecule has 0 amide bonds. The van der Waals surface area contributed by atoms with Gasteiger partial charge in [0.15, 0.2) is 5.75 Å². The van der Waals surface area contributed by atoms with Gasteiger partial charge in [0.1, 0.15) is 5.56 Å². The number of unbranched alkanes of at least 4 members (excludes halogenated alkanes) is 18. The lowest BCUT2D eigenvalue weighted by molar-refractivity contribution is -0.208. The van der Waals surface area contributed by atoms with E-state index in [1.807, 2.05) is 0 Å². The average molecular weight is 591 g/mol. The maximum atomic E-state index is 12.6. The monoisotopic (exact) mass is 590 g/mol. The number of phenols is 1. The van der Waals surface area contributed by atoms with Crippen LogP contribution in [-0.4, -0.2) is 22.8 Å². The van der Waals surface area contributed by atoms with E-state index in [9.17, 15) is 15.0 Å². The van der Waals surface area contributed by atoms with Crippen LogP contribution in [0.15, 0.2) is 0 Å². The zero-order valence-corrected chi connectivity index (χ0v) is 28.0. The van der Waals surface area contributed by atoms with Gasteiger partial charge >= 0.3 is 5.97 Å². The molecule has 1 rings (SSSR count). The second-order valence-electron chi connectivity index (χ2n) is 12.3. The first kappa shape index (κ1) is 38.3. The number of hydrogen-bond acceptors (Lipinski definition) is 4. The van der Waals surface area contributed by atoms with Gasteiger partial charge in [-0.1, -0.05) is 143 Å². The Labute approximate surface area is 259 Å². The summed E-state index contributed by atoms with van der Waals surface area (Å²) in [5, 5.41) is 21.8. The third kappa shape index (κ3) is 15.6. The highest BCUT2D eigenvalue weighted by atomic mass is 17.2. The SMILES string of the molecule is CCCCCCCCc1c(CCCCCCCC)c(OOCCCCCC)c(O)c(C(=O)O)c1CCCCCCCC. The lowest BCUT2D eigenvalue weighted by atomic mass is 9.85. The van der Waals surface area contributed by atoms with Crippen LogP contribution in [0.4, 0.5) is 0 Å². The summed E-state index contributed by atoms with van der Waals surface area (Å²) in [6.07, 6.45) is 27.6. The minimum Gasteiger partial charge on any atom is -0.504 e. The largest absolute Gasteiger partial charge is 0.504 e. The van der Waals surface area contributed by atoms with E-state index in [0.717, 1.165) is 93.7 Å². The van der Waals surface area contributed by atoms with Gasteiger partial charge in [-0.3, -0.25) is 0 Å². The van der Waals surface area contributed by atoms with Crippen LogP contribution in [0.3, 0.4) is 0 Å². The van der Waals surface area contributed by atoms with Gasteiger partial charge in [0.2, 0.25) is 5.75 Å². The van der Waals surface area contributed by atoms with Crippen molar-refractivity contribution < 1.29 is 24.8 Å². The summed E-state index contributed by atoms with van der Waals surface area (Å²) in [5.74, 6) is -1.06. The van der Waals surface area contributed by atoms with Crippen LogP contribution in [0.25, 0.3) is 0 Å². The van der Waals surface area contributed by atoms with Crippen molar-refractivity contribution in [2.24, 2.45) is 0 Å². The van der Waals surface area contributed by atoms with Crippen LogP contribution in [0.5, 0.6) is 11.5 Å².